The van der Waals surface area contributed by atoms with Crippen LogP contribution in [0.25, 0.3) is 11.1 Å². The lowest BCUT2D eigenvalue weighted by Crippen LogP contribution is -2.40. The molecule has 2 aliphatic heterocycles. The van der Waals surface area contributed by atoms with Crippen LogP contribution in [0.1, 0.15) is 23.4 Å². The van der Waals surface area contributed by atoms with Gasteiger partial charge < -0.3 is 9.88 Å². The Labute approximate surface area is 175 Å². The van der Waals surface area contributed by atoms with Crippen molar-refractivity contribution in [1.82, 2.24) is 19.8 Å². The standard InChI is InChI=1S/C24H25FN4O/c25-21-7-6-18(17-4-2-1-3-5-17)12-20(21)14-28-10-8-19(13-28)24(30)29-11-9-22-23(15-29)27-16-26-22/h1-7,12,16,19H,8-11,13-15H2,(H,26,27)/t19-/m1/s1. The highest BCUT2D eigenvalue weighted by Gasteiger charge is 2.33. The Hall–Kier alpha value is -2.99. The maximum atomic E-state index is 14.5. The van der Waals surface area contributed by atoms with Gasteiger partial charge >= 0.3 is 0 Å². The highest BCUT2D eigenvalue weighted by molar-refractivity contribution is 5.79. The fraction of sp³-hybridized carbons (Fsp3) is 0.333. The van der Waals surface area contributed by atoms with Gasteiger partial charge in [0.2, 0.25) is 5.91 Å². The molecule has 5 rings (SSSR count). The van der Waals surface area contributed by atoms with E-state index in [1.807, 2.05) is 47.4 Å². The molecule has 1 atom stereocenters. The van der Waals surface area contributed by atoms with Crippen LogP contribution in [0, 0.1) is 11.7 Å². The summed E-state index contributed by atoms with van der Waals surface area (Å²) in [6.45, 7) is 3.36. The molecule has 154 valence electrons. The van der Waals surface area contributed by atoms with E-state index in [0.29, 0.717) is 25.2 Å². The molecule has 0 saturated carbocycles. The molecule has 0 radical (unpaired) electrons. The molecular formula is C24H25FN4O. The van der Waals surface area contributed by atoms with Gasteiger partial charge in [-0.3, -0.25) is 9.69 Å². The number of H-pyrrole nitrogens is 1. The van der Waals surface area contributed by atoms with Crippen molar-refractivity contribution in [1.29, 1.82) is 0 Å². The molecule has 0 bridgehead atoms. The number of amides is 1. The first-order valence-corrected chi connectivity index (χ1v) is 10.5. The third-order valence-corrected chi connectivity index (χ3v) is 6.26. The predicted molar refractivity (Wildman–Crippen MR) is 113 cm³/mol. The van der Waals surface area contributed by atoms with E-state index in [2.05, 4.69) is 14.9 Å². The van der Waals surface area contributed by atoms with Crippen LogP contribution in [0.4, 0.5) is 4.39 Å². The fourth-order valence-electron chi connectivity index (χ4n) is 4.58. The van der Waals surface area contributed by atoms with Crippen LogP contribution in [0.3, 0.4) is 0 Å². The van der Waals surface area contributed by atoms with Gasteiger partial charge in [0.1, 0.15) is 5.82 Å². The number of nitrogens with one attached hydrogen (secondary N) is 1. The minimum absolute atomic E-state index is 0.0187. The molecule has 2 aromatic carbocycles. The normalized spacial score (nSPS) is 19.1. The largest absolute Gasteiger partial charge is 0.347 e. The van der Waals surface area contributed by atoms with E-state index < -0.39 is 0 Å². The van der Waals surface area contributed by atoms with E-state index >= 15 is 0 Å². The van der Waals surface area contributed by atoms with Crippen LogP contribution in [0.15, 0.2) is 54.9 Å². The summed E-state index contributed by atoms with van der Waals surface area (Å²) in [5.41, 5.74) is 4.90. The van der Waals surface area contributed by atoms with Crippen LogP contribution in [-0.2, 0) is 24.3 Å². The monoisotopic (exact) mass is 404 g/mol. The lowest BCUT2D eigenvalue weighted by molar-refractivity contribution is -0.136. The lowest BCUT2D eigenvalue weighted by Gasteiger charge is -2.28. The number of hydrogen-bond donors (Lipinski definition) is 1. The van der Waals surface area contributed by atoms with Crippen LogP contribution >= 0.6 is 0 Å². The summed E-state index contributed by atoms with van der Waals surface area (Å²) in [6.07, 6.45) is 3.33. The van der Waals surface area contributed by atoms with Gasteiger partial charge in [-0.05, 0) is 36.2 Å². The maximum absolute atomic E-state index is 14.5. The number of halogens is 1. The number of imidazole rings is 1. The van der Waals surface area contributed by atoms with E-state index in [1.165, 1.54) is 0 Å². The van der Waals surface area contributed by atoms with E-state index in [1.54, 1.807) is 12.4 Å². The molecule has 1 fully saturated rings. The van der Waals surface area contributed by atoms with E-state index in [0.717, 1.165) is 48.4 Å². The summed E-state index contributed by atoms with van der Waals surface area (Å²) in [5.74, 6) is -0.00152. The number of benzene rings is 2. The van der Waals surface area contributed by atoms with Gasteiger partial charge in [-0.1, -0.05) is 36.4 Å². The number of carbonyl (C=O) groups excluding carboxylic acids is 1. The third-order valence-electron chi connectivity index (χ3n) is 6.26. The summed E-state index contributed by atoms with van der Waals surface area (Å²) < 4.78 is 14.5. The number of nitrogens with zero attached hydrogens (tertiary/aromatic N) is 3. The second-order valence-corrected chi connectivity index (χ2v) is 8.23. The first kappa shape index (κ1) is 19.0. The summed E-state index contributed by atoms with van der Waals surface area (Å²) in [6, 6.07) is 15.3. The van der Waals surface area contributed by atoms with Gasteiger partial charge in [0, 0.05) is 31.6 Å². The predicted octanol–water partition coefficient (Wildman–Crippen LogP) is 3.62. The Kier molecular flexibility index (Phi) is 5.09. The summed E-state index contributed by atoms with van der Waals surface area (Å²) in [7, 11) is 0. The Morgan fingerprint density at radius 3 is 2.87 bits per heavy atom. The Morgan fingerprint density at radius 1 is 1.13 bits per heavy atom. The molecule has 1 N–H and O–H groups in total. The van der Waals surface area contributed by atoms with Crippen molar-refractivity contribution in [3.8, 4) is 11.1 Å². The highest BCUT2D eigenvalue weighted by atomic mass is 19.1. The number of hydrogen-bond acceptors (Lipinski definition) is 3. The first-order chi connectivity index (χ1) is 14.7. The number of aromatic amines is 1. The number of fused-ring (bicyclic) bond motifs is 1. The zero-order valence-corrected chi connectivity index (χ0v) is 16.9. The average Bonchev–Trinajstić information content (AvgIpc) is 3.44. The number of carbonyl (C=O) groups is 1. The van der Waals surface area contributed by atoms with Gasteiger partial charge in [0.25, 0.3) is 0 Å². The van der Waals surface area contributed by atoms with Crippen LogP contribution < -0.4 is 0 Å². The Bertz CT molecular complexity index is 1050. The van der Waals surface area contributed by atoms with Crippen molar-refractivity contribution in [2.75, 3.05) is 19.6 Å². The third kappa shape index (κ3) is 3.75. The van der Waals surface area contributed by atoms with Gasteiger partial charge in [0.15, 0.2) is 0 Å². The van der Waals surface area contributed by atoms with Crippen LogP contribution in [-0.4, -0.2) is 45.3 Å². The first-order valence-electron chi connectivity index (χ1n) is 10.5. The quantitative estimate of drug-likeness (QED) is 0.723. The molecule has 30 heavy (non-hydrogen) atoms. The van der Waals surface area contributed by atoms with Gasteiger partial charge in [-0.2, -0.15) is 0 Å². The minimum atomic E-state index is -0.188. The molecule has 1 amide bonds. The van der Waals surface area contributed by atoms with Crippen molar-refractivity contribution in [3.05, 3.63) is 77.6 Å². The number of rotatable bonds is 4. The molecule has 2 aliphatic rings. The molecular weight excluding hydrogens is 379 g/mol. The van der Waals surface area contributed by atoms with Crippen molar-refractivity contribution in [2.24, 2.45) is 5.92 Å². The number of likely N-dealkylation sites (tertiary alicyclic amines) is 1. The Morgan fingerprint density at radius 2 is 2.00 bits per heavy atom. The second kappa shape index (κ2) is 8.03. The average molecular weight is 404 g/mol. The molecule has 6 heteroatoms. The molecule has 1 aromatic heterocycles. The van der Waals surface area contributed by atoms with Crippen molar-refractivity contribution in [2.45, 2.75) is 25.9 Å². The minimum Gasteiger partial charge on any atom is -0.347 e. The van der Waals surface area contributed by atoms with Crippen molar-refractivity contribution in [3.63, 3.8) is 0 Å². The van der Waals surface area contributed by atoms with Crippen LogP contribution in [0.2, 0.25) is 0 Å². The van der Waals surface area contributed by atoms with E-state index in [4.69, 9.17) is 0 Å². The maximum Gasteiger partial charge on any atom is 0.227 e. The van der Waals surface area contributed by atoms with Crippen molar-refractivity contribution >= 4 is 5.91 Å². The number of aromatic nitrogens is 2. The second-order valence-electron chi connectivity index (χ2n) is 8.23. The van der Waals surface area contributed by atoms with E-state index in [9.17, 15) is 9.18 Å². The topological polar surface area (TPSA) is 52.2 Å². The molecule has 1 saturated heterocycles. The molecule has 0 spiro atoms. The van der Waals surface area contributed by atoms with E-state index in [-0.39, 0.29) is 17.6 Å². The van der Waals surface area contributed by atoms with Crippen molar-refractivity contribution < 1.29 is 9.18 Å². The summed E-state index contributed by atoms with van der Waals surface area (Å²) in [4.78, 5) is 24.6. The van der Waals surface area contributed by atoms with Crippen LogP contribution in [0.5, 0.6) is 0 Å². The SMILES string of the molecule is O=C([C@@H]1CCN(Cc2cc(-c3ccccc3)ccc2F)C1)N1CCc2nc[nH]c2C1. The molecule has 0 aliphatic carbocycles. The highest BCUT2D eigenvalue weighted by Crippen LogP contribution is 2.27. The van der Waals surface area contributed by atoms with Gasteiger partial charge in [0.05, 0.1) is 30.2 Å². The Balaban J connectivity index is 1.24. The van der Waals surface area contributed by atoms with Gasteiger partial charge in [-0.15, -0.1) is 0 Å². The molecule has 5 nitrogen and oxygen atoms in total. The zero-order chi connectivity index (χ0) is 20.5. The van der Waals surface area contributed by atoms with Gasteiger partial charge in [-0.25, -0.2) is 9.37 Å². The summed E-state index contributed by atoms with van der Waals surface area (Å²) in [5, 5.41) is 0. The molecule has 0 unspecified atom stereocenters. The lowest BCUT2D eigenvalue weighted by atomic mass is 10.0. The summed E-state index contributed by atoms with van der Waals surface area (Å²) >= 11 is 0. The fourth-order valence-corrected chi connectivity index (χ4v) is 4.58. The smallest absolute Gasteiger partial charge is 0.227 e. The molecule has 3 aromatic rings. The zero-order valence-electron chi connectivity index (χ0n) is 16.9. The molecule has 3 heterocycles.